The van der Waals surface area contributed by atoms with Gasteiger partial charge >= 0.3 is 6.09 Å². The maximum absolute atomic E-state index is 13.1. The zero-order valence-corrected chi connectivity index (χ0v) is 19.5. The number of ether oxygens (including phenoxy) is 1. The third-order valence-corrected chi connectivity index (χ3v) is 5.82. The lowest BCUT2D eigenvalue weighted by Gasteiger charge is -2.35. The molecule has 0 saturated carbocycles. The number of alkyl carbamates (subject to hydrolysis) is 1. The summed E-state index contributed by atoms with van der Waals surface area (Å²) in [6, 6.07) is 15.2. The van der Waals surface area contributed by atoms with Gasteiger partial charge in [0.25, 0.3) is 0 Å². The first-order chi connectivity index (χ1) is 15.8. The molecule has 2 unspecified atom stereocenters. The van der Waals surface area contributed by atoms with E-state index < -0.39 is 17.7 Å². The number of nitrogens with zero attached hydrogens (tertiary/aromatic N) is 3. The summed E-state index contributed by atoms with van der Waals surface area (Å²) in [6.45, 7) is 6.60. The number of likely N-dealkylation sites (tertiary alicyclic amines) is 1. The van der Waals surface area contributed by atoms with Crippen molar-refractivity contribution in [1.82, 2.24) is 15.2 Å². The summed E-state index contributed by atoms with van der Waals surface area (Å²) >= 11 is 0. The lowest BCUT2D eigenvalue weighted by molar-refractivity contribution is -0.133. The second-order valence-corrected chi connectivity index (χ2v) is 9.42. The van der Waals surface area contributed by atoms with Crippen LogP contribution in [0.2, 0.25) is 0 Å². The summed E-state index contributed by atoms with van der Waals surface area (Å²) in [5, 5.41) is 12.6. The van der Waals surface area contributed by atoms with Crippen LogP contribution >= 0.6 is 0 Å². The van der Waals surface area contributed by atoms with Crippen LogP contribution < -0.4 is 5.32 Å². The summed E-state index contributed by atoms with van der Waals surface area (Å²) in [5.74, 6) is -0.0526. The smallest absolute Gasteiger partial charge is 0.408 e. The van der Waals surface area contributed by atoms with Crippen LogP contribution in [0.3, 0.4) is 0 Å². The lowest BCUT2D eigenvalue weighted by atomic mass is 9.81. The summed E-state index contributed by atoms with van der Waals surface area (Å²) in [7, 11) is 0. The molecule has 1 N–H and O–H groups in total. The minimum absolute atomic E-state index is 0.0201. The minimum atomic E-state index is -0.622. The number of hydrogen-bond donors (Lipinski definition) is 1. The van der Waals surface area contributed by atoms with Crippen LogP contribution in [0.15, 0.2) is 54.9 Å². The van der Waals surface area contributed by atoms with Gasteiger partial charge in [0.15, 0.2) is 0 Å². The number of aromatic nitrogens is 1. The number of carbonyl (C=O) groups excluding carboxylic acids is 2. The number of piperidine rings is 1. The van der Waals surface area contributed by atoms with E-state index in [0.717, 1.165) is 24.0 Å². The van der Waals surface area contributed by atoms with Gasteiger partial charge < -0.3 is 15.0 Å². The van der Waals surface area contributed by atoms with E-state index in [1.165, 1.54) is 0 Å². The Morgan fingerprint density at radius 1 is 1.15 bits per heavy atom. The van der Waals surface area contributed by atoms with Gasteiger partial charge in [-0.2, -0.15) is 5.26 Å². The van der Waals surface area contributed by atoms with Crippen molar-refractivity contribution in [3.8, 4) is 6.07 Å². The number of amides is 2. The van der Waals surface area contributed by atoms with Crippen LogP contribution in [0, 0.1) is 17.2 Å². The van der Waals surface area contributed by atoms with Crippen LogP contribution in [-0.4, -0.2) is 40.6 Å². The molecule has 2 atom stereocenters. The SMILES string of the molecule is CC(C)(C)OC(=O)NC(CC(=O)N1CCC(C(C#N)c2cccnc2)CC1)c1ccccc1. The van der Waals surface area contributed by atoms with Crippen LogP contribution in [0.5, 0.6) is 0 Å². The Morgan fingerprint density at radius 3 is 2.39 bits per heavy atom. The van der Waals surface area contributed by atoms with E-state index in [0.29, 0.717) is 13.1 Å². The fourth-order valence-electron chi connectivity index (χ4n) is 4.19. The minimum Gasteiger partial charge on any atom is -0.444 e. The predicted molar refractivity (Wildman–Crippen MR) is 125 cm³/mol. The number of hydrogen-bond acceptors (Lipinski definition) is 5. The molecule has 3 rings (SSSR count). The molecule has 2 aromatic rings. The van der Waals surface area contributed by atoms with E-state index in [2.05, 4.69) is 16.4 Å². The van der Waals surface area contributed by atoms with E-state index >= 15 is 0 Å². The van der Waals surface area contributed by atoms with Gasteiger partial charge in [-0.1, -0.05) is 36.4 Å². The molecule has 1 fully saturated rings. The summed E-state index contributed by atoms with van der Waals surface area (Å²) in [4.78, 5) is 31.5. The Morgan fingerprint density at radius 2 is 1.82 bits per heavy atom. The fourth-order valence-corrected chi connectivity index (χ4v) is 4.19. The Kier molecular flexibility index (Phi) is 8.05. The second-order valence-electron chi connectivity index (χ2n) is 9.42. The fraction of sp³-hybridized carbons (Fsp3) is 0.462. The highest BCUT2D eigenvalue weighted by Gasteiger charge is 2.31. The summed E-state index contributed by atoms with van der Waals surface area (Å²) < 4.78 is 5.40. The summed E-state index contributed by atoms with van der Waals surface area (Å²) in [6.07, 6.45) is 4.57. The second kappa shape index (κ2) is 11.0. The molecule has 1 aliphatic heterocycles. The van der Waals surface area contributed by atoms with Gasteiger partial charge in [-0.15, -0.1) is 0 Å². The number of nitriles is 1. The molecule has 0 aliphatic carbocycles. The van der Waals surface area contributed by atoms with Crippen molar-refractivity contribution in [1.29, 1.82) is 5.26 Å². The van der Waals surface area contributed by atoms with Gasteiger partial charge in [-0.25, -0.2) is 4.79 Å². The average molecular weight is 449 g/mol. The maximum Gasteiger partial charge on any atom is 0.408 e. The lowest BCUT2D eigenvalue weighted by Crippen LogP contribution is -2.42. The Balaban J connectivity index is 1.62. The van der Waals surface area contributed by atoms with Crippen molar-refractivity contribution >= 4 is 12.0 Å². The molecule has 1 saturated heterocycles. The van der Waals surface area contributed by atoms with Gasteiger partial charge in [0.1, 0.15) is 5.60 Å². The summed E-state index contributed by atoms with van der Waals surface area (Å²) in [5.41, 5.74) is 1.16. The molecule has 1 aliphatic rings. The number of carbonyl (C=O) groups is 2. The molecule has 0 radical (unpaired) electrons. The average Bonchev–Trinajstić information content (AvgIpc) is 2.79. The third kappa shape index (κ3) is 7.04. The van der Waals surface area contributed by atoms with Gasteiger partial charge in [0, 0.05) is 25.5 Å². The van der Waals surface area contributed by atoms with Crippen LogP contribution in [-0.2, 0) is 9.53 Å². The molecular weight excluding hydrogens is 416 g/mol. The van der Waals surface area contributed by atoms with Gasteiger partial charge in [-0.05, 0) is 56.7 Å². The molecule has 0 spiro atoms. The Labute approximate surface area is 195 Å². The van der Waals surface area contributed by atoms with Crippen molar-refractivity contribution in [2.75, 3.05) is 13.1 Å². The van der Waals surface area contributed by atoms with Gasteiger partial charge in [-0.3, -0.25) is 9.78 Å². The number of benzene rings is 1. The highest BCUT2D eigenvalue weighted by molar-refractivity contribution is 5.78. The molecular formula is C26H32N4O3. The quantitative estimate of drug-likeness (QED) is 0.698. The number of rotatable bonds is 6. The van der Waals surface area contributed by atoms with E-state index in [4.69, 9.17) is 4.74 Å². The molecule has 33 heavy (non-hydrogen) atoms. The molecule has 0 bridgehead atoms. The molecule has 1 aromatic carbocycles. The molecule has 174 valence electrons. The predicted octanol–water partition coefficient (Wildman–Crippen LogP) is 4.58. The van der Waals surface area contributed by atoms with Crippen molar-refractivity contribution in [2.45, 2.75) is 57.6 Å². The Bertz CT molecular complexity index is 959. The number of nitrogens with one attached hydrogen (secondary N) is 1. The highest BCUT2D eigenvalue weighted by Crippen LogP contribution is 2.32. The molecule has 1 aromatic heterocycles. The number of pyridine rings is 1. The van der Waals surface area contributed by atoms with E-state index in [-0.39, 0.29) is 24.2 Å². The first-order valence-corrected chi connectivity index (χ1v) is 11.4. The van der Waals surface area contributed by atoms with Crippen molar-refractivity contribution < 1.29 is 14.3 Å². The van der Waals surface area contributed by atoms with E-state index in [1.54, 1.807) is 33.2 Å². The van der Waals surface area contributed by atoms with Crippen molar-refractivity contribution in [3.63, 3.8) is 0 Å². The monoisotopic (exact) mass is 448 g/mol. The van der Waals surface area contributed by atoms with E-state index in [1.807, 2.05) is 47.4 Å². The van der Waals surface area contributed by atoms with Crippen LogP contribution in [0.25, 0.3) is 0 Å². The zero-order valence-electron chi connectivity index (χ0n) is 19.5. The third-order valence-electron chi connectivity index (χ3n) is 5.82. The molecule has 7 nitrogen and oxygen atoms in total. The first kappa shape index (κ1) is 24.2. The van der Waals surface area contributed by atoms with E-state index in [9.17, 15) is 14.9 Å². The van der Waals surface area contributed by atoms with Crippen molar-refractivity contribution in [3.05, 3.63) is 66.0 Å². The molecule has 7 heteroatoms. The normalized spacial score (nSPS) is 16.4. The topological polar surface area (TPSA) is 95.3 Å². The zero-order chi connectivity index (χ0) is 23.8. The van der Waals surface area contributed by atoms with Crippen molar-refractivity contribution in [2.24, 2.45) is 5.92 Å². The first-order valence-electron chi connectivity index (χ1n) is 11.4. The molecule has 2 amide bonds. The maximum atomic E-state index is 13.1. The molecule has 2 heterocycles. The van der Waals surface area contributed by atoms with Crippen LogP contribution in [0.1, 0.15) is 63.1 Å². The largest absolute Gasteiger partial charge is 0.444 e. The highest BCUT2D eigenvalue weighted by atomic mass is 16.6. The van der Waals surface area contributed by atoms with Gasteiger partial charge in [0.2, 0.25) is 5.91 Å². The van der Waals surface area contributed by atoms with Gasteiger partial charge in [0.05, 0.1) is 24.4 Å². The van der Waals surface area contributed by atoms with Crippen LogP contribution in [0.4, 0.5) is 4.79 Å². The standard InChI is InChI=1S/C26H32N4O3/c1-26(2,3)33-25(32)29-23(20-8-5-4-6-9-20)16-24(31)30-14-11-19(12-15-30)22(17-27)21-10-7-13-28-18-21/h4-10,13,18-19,22-23H,11-12,14-16H2,1-3H3,(H,29,32). The Hall–Kier alpha value is -3.40.